The molecule has 2 aromatic rings. The van der Waals surface area contributed by atoms with Crippen LogP contribution in [-0.2, 0) is 10.0 Å². The molecule has 0 spiro atoms. The highest BCUT2D eigenvalue weighted by molar-refractivity contribution is 7.89. The van der Waals surface area contributed by atoms with Gasteiger partial charge in [-0.2, -0.15) is 4.31 Å². The Morgan fingerprint density at radius 3 is 2.68 bits per heavy atom. The average molecular weight is 423 g/mol. The molecule has 8 heteroatoms. The zero-order valence-electron chi connectivity index (χ0n) is 15.8. The molecule has 28 heavy (non-hydrogen) atoms. The minimum absolute atomic E-state index is 0.0579. The Bertz CT molecular complexity index is 1010. The first kappa shape index (κ1) is 20.6. The topological polar surface area (TPSA) is 86.7 Å². The normalized spacial score (nSPS) is 18.0. The quantitative estimate of drug-likeness (QED) is 0.728. The van der Waals surface area contributed by atoms with E-state index in [0.717, 1.165) is 18.4 Å². The number of halogens is 1. The van der Waals surface area contributed by atoms with E-state index in [0.29, 0.717) is 13.1 Å². The number of hydrogen-bond donors (Lipinski definition) is 2. The van der Waals surface area contributed by atoms with Crippen molar-refractivity contribution in [2.75, 3.05) is 18.4 Å². The lowest BCUT2D eigenvalue weighted by atomic mass is 10.0. The summed E-state index contributed by atoms with van der Waals surface area (Å²) < 4.78 is 27.5. The predicted octanol–water partition coefficient (Wildman–Crippen LogP) is 4.03. The first-order valence-electron chi connectivity index (χ1n) is 9.09. The van der Waals surface area contributed by atoms with Gasteiger partial charge < -0.3 is 10.4 Å². The average Bonchev–Trinajstić information content (AvgIpc) is 2.64. The minimum atomic E-state index is -3.80. The number of phenols is 1. The van der Waals surface area contributed by atoms with Gasteiger partial charge in [-0.05, 0) is 61.6 Å². The molecule has 1 saturated heterocycles. The Balaban J connectivity index is 1.89. The van der Waals surface area contributed by atoms with Gasteiger partial charge in [0.2, 0.25) is 10.0 Å². The van der Waals surface area contributed by atoms with Crippen molar-refractivity contribution in [1.29, 1.82) is 0 Å². The largest absolute Gasteiger partial charge is 0.506 e. The molecule has 1 unspecified atom stereocenters. The van der Waals surface area contributed by atoms with E-state index in [2.05, 4.69) is 5.32 Å². The van der Waals surface area contributed by atoms with Gasteiger partial charge >= 0.3 is 0 Å². The van der Waals surface area contributed by atoms with Gasteiger partial charge in [-0.3, -0.25) is 4.79 Å². The maximum atomic E-state index is 13.0. The van der Waals surface area contributed by atoms with Gasteiger partial charge in [0.25, 0.3) is 5.91 Å². The number of sulfonamides is 1. The molecule has 1 atom stereocenters. The highest BCUT2D eigenvalue weighted by Crippen LogP contribution is 2.30. The summed E-state index contributed by atoms with van der Waals surface area (Å²) in [6, 6.07) is 9.03. The van der Waals surface area contributed by atoms with Crippen molar-refractivity contribution in [3.8, 4) is 5.75 Å². The Kier molecular flexibility index (Phi) is 5.98. The zero-order valence-corrected chi connectivity index (χ0v) is 17.3. The molecule has 6 nitrogen and oxygen atoms in total. The summed E-state index contributed by atoms with van der Waals surface area (Å²) in [7, 11) is -3.80. The van der Waals surface area contributed by atoms with Crippen molar-refractivity contribution in [2.24, 2.45) is 5.92 Å². The SMILES string of the molecule is Cc1ccc(NC(=O)c2ccc(Cl)c(S(=O)(=O)N3CCCC(C)C3)c2)c(O)c1. The molecule has 1 heterocycles. The van der Waals surface area contributed by atoms with Crippen LogP contribution < -0.4 is 5.32 Å². The molecular formula is C20H23ClN2O4S. The smallest absolute Gasteiger partial charge is 0.255 e. The summed E-state index contributed by atoms with van der Waals surface area (Å²) in [6.45, 7) is 4.72. The molecule has 1 fully saturated rings. The van der Waals surface area contributed by atoms with Crippen LogP contribution in [0.25, 0.3) is 0 Å². The summed E-state index contributed by atoms with van der Waals surface area (Å²) in [5, 5.41) is 12.6. The van der Waals surface area contributed by atoms with Crippen LogP contribution in [0.1, 0.15) is 35.7 Å². The van der Waals surface area contributed by atoms with Gasteiger partial charge in [-0.25, -0.2) is 8.42 Å². The zero-order chi connectivity index (χ0) is 20.5. The number of amides is 1. The number of hydrogen-bond acceptors (Lipinski definition) is 4. The van der Waals surface area contributed by atoms with Crippen LogP contribution in [0.5, 0.6) is 5.75 Å². The minimum Gasteiger partial charge on any atom is -0.506 e. The van der Waals surface area contributed by atoms with Crippen LogP contribution in [0, 0.1) is 12.8 Å². The van der Waals surface area contributed by atoms with Gasteiger partial charge in [-0.1, -0.05) is 24.6 Å². The van der Waals surface area contributed by atoms with E-state index in [9.17, 15) is 18.3 Å². The van der Waals surface area contributed by atoms with Crippen molar-refractivity contribution in [1.82, 2.24) is 4.31 Å². The number of nitrogens with one attached hydrogen (secondary N) is 1. The first-order valence-corrected chi connectivity index (χ1v) is 10.9. The molecule has 0 radical (unpaired) electrons. The van der Waals surface area contributed by atoms with Crippen LogP contribution in [0.4, 0.5) is 5.69 Å². The summed E-state index contributed by atoms with van der Waals surface area (Å²) >= 11 is 6.17. The third-order valence-electron chi connectivity index (χ3n) is 4.83. The van der Waals surface area contributed by atoms with Crippen molar-refractivity contribution in [2.45, 2.75) is 31.6 Å². The highest BCUT2D eigenvalue weighted by Gasteiger charge is 2.31. The Morgan fingerprint density at radius 1 is 1.25 bits per heavy atom. The number of benzene rings is 2. The molecule has 0 bridgehead atoms. The molecular weight excluding hydrogens is 400 g/mol. The number of carbonyl (C=O) groups excluding carboxylic acids is 1. The van der Waals surface area contributed by atoms with E-state index in [4.69, 9.17) is 11.6 Å². The molecule has 2 N–H and O–H groups in total. The van der Waals surface area contributed by atoms with Gasteiger partial charge in [0.1, 0.15) is 10.6 Å². The Morgan fingerprint density at radius 2 is 2.00 bits per heavy atom. The fraction of sp³-hybridized carbons (Fsp3) is 0.350. The molecule has 2 aromatic carbocycles. The molecule has 1 amide bonds. The number of piperidine rings is 1. The van der Waals surface area contributed by atoms with Gasteiger partial charge in [-0.15, -0.1) is 0 Å². The number of aromatic hydroxyl groups is 1. The van der Waals surface area contributed by atoms with Crippen LogP contribution in [-0.4, -0.2) is 36.8 Å². The summed E-state index contributed by atoms with van der Waals surface area (Å²) in [5.41, 5.74) is 1.25. The van der Waals surface area contributed by atoms with E-state index in [1.807, 2.05) is 13.8 Å². The van der Waals surface area contributed by atoms with E-state index in [-0.39, 0.29) is 32.8 Å². The fourth-order valence-electron chi connectivity index (χ4n) is 3.29. The van der Waals surface area contributed by atoms with Gasteiger partial charge in [0.05, 0.1) is 10.7 Å². The third kappa shape index (κ3) is 4.32. The maximum absolute atomic E-state index is 13.0. The maximum Gasteiger partial charge on any atom is 0.255 e. The second-order valence-electron chi connectivity index (χ2n) is 7.23. The molecule has 3 rings (SSSR count). The first-order chi connectivity index (χ1) is 13.2. The Hall–Kier alpha value is -2.09. The Labute approximate surface area is 170 Å². The highest BCUT2D eigenvalue weighted by atomic mass is 35.5. The van der Waals surface area contributed by atoms with E-state index in [1.54, 1.807) is 12.1 Å². The van der Waals surface area contributed by atoms with Crippen molar-refractivity contribution < 1.29 is 18.3 Å². The van der Waals surface area contributed by atoms with Crippen molar-refractivity contribution in [3.63, 3.8) is 0 Å². The van der Waals surface area contributed by atoms with Crippen LogP contribution in [0.3, 0.4) is 0 Å². The van der Waals surface area contributed by atoms with E-state index < -0.39 is 15.9 Å². The molecule has 0 aromatic heterocycles. The monoisotopic (exact) mass is 422 g/mol. The van der Waals surface area contributed by atoms with E-state index in [1.165, 1.54) is 28.6 Å². The summed E-state index contributed by atoms with van der Waals surface area (Å²) in [5.74, 6) is -0.310. The van der Waals surface area contributed by atoms with E-state index >= 15 is 0 Å². The third-order valence-corrected chi connectivity index (χ3v) is 7.18. The molecule has 1 aliphatic heterocycles. The van der Waals surface area contributed by atoms with Crippen molar-refractivity contribution in [3.05, 3.63) is 52.5 Å². The molecule has 1 aliphatic rings. The number of anilines is 1. The second kappa shape index (κ2) is 8.11. The number of carbonyl (C=O) groups is 1. The number of phenolic OH excluding ortho intramolecular Hbond substituents is 1. The number of nitrogens with zero attached hydrogens (tertiary/aromatic N) is 1. The lowest BCUT2D eigenvalue weighted by molar-refractivity contribution is 0.102. The standard InChI is InChI=1S/C20H23ClN2O4S/c1-13-5-8-17(18(24)10-13)22-20(25)15-6-7-16(21)19(11-15)28(26,27)23-9-3-4-14(2)12-23/h5-8,10-11,14,24H,3-4,9,12H2,1-2H3,(H,22,25). The van der Waals surface area contributed by atoms with Crippen LogP contribution in [0.2, 0.25) is 5.02 Å². The fourth-order valence-corrected chi connectivity index (χ4v) is 5.39. The molecule has 150 valence electrons. The second-order valence-corrected chi connectivity index (χ2v) is 9.54. The lowest BCUT2D eigenvalue weighted by Crippen LogP contribution is -2.39. The van der Waals surface area contributed by atoms with Crippen molar-refractivity contribution >= 4 is 33.2 Å². The van der Waals surface area contributed by atoms with Gasteiger partial charge in [0.15, 0.2) is 0 Å². The summed E-state index contributed by atoms with van der Waals surface area (Å²) in [4.78, 5) is 12.5. The molecule has 0 aliphatic carbocycles. The van der Waals surface area contributed by atoms with Crippen LogP contribution in [0.15, 0.2) is 41.3 Å². The predicted molar refractivity (Wildman–Crippen MR) is 109 cm³/mol. The number of rotatable bonds is 4. The van der Waals surface area contributed by atoms with Gasteiger partial charge in [0, 0.05) is 18.7 Å². The molecule has 0 saturated carbocycles. The number of aryl methyl sites for hydroxylation is 1. The lowest BCUT2D eigenvalue weighted by Gasteiger charge is -2.30. The van der Waals surface area contributed by atoms with Crippen LogP contribution >= 0.6 is 11.6 Å². The summed E-state index contributed by atoms with van der Waals surface area (Å²) in [6.07, 6.45) is 1.78.